The van der Waals surface area contributed by atoms with Crippen LogP contribution >= 0.6 is 11.6 Å². The van der Waals surface area contributed by atoms with Crippen LogP contribution in [0.25, 0.3) is 0 Å². The minimum Gasteiger partial charge on any atom is -0.388 e. The summed E-state index contributed by atoms with van der Waals surface area (Å²) in [4.78, 5) is 0. The van der Waals surface area contributed by atoms with Gasteiger partial charge in [-0.25, -0.2) is 4.39 Å². The van der Waals surface area contributed by atoms with Crippen LogP contribution in [-0.4, -0.2) is 12.2 Å². The van der Waals surface area contributed by atoms with E-state index in [-0.39, 0.29) is 5.82 Å². The van der Waals surface area contributed by atoms with Crippen molar-refractivity contribution in [2.45, 2.75) is 19.1 Å². The molecule has 2 aromatic carbocycles. The van der Waals surface area contributed by atoms with Crippen molar-refractivity contribution in [2.75, 3.05) is 7.11 Å². The molecule has 0 aliphatic rings. The van der Waals surface area contributed by atoms with Crippen LogP contribution in [0, 0.1) is 5.82 Å². The fourth-order valence-electron chi connectivity index (χ4n) is 2.15. The van der Waals surface area contributed by atoms with Gasteiger partial charge in [0.2, 0.25) is 0 Å². The van der Waals surface area contributed by atoms with Gasteiger partial charge in [0.25, 0.3) is 0 Å². The molecule has 106 valence electrons. The van der Waals surface area contributed by atoms with Crippen LogP contribution in [-0.2, 0) is 17.8 Å². The maximum Gasteiger partial charge on any atom is 0.124 e. The van der Waals surface area contributed by atoms with Gasteiger partial charge in [-0.1, -0.05) is 41.9 Å². The van der Waals surface area contributed by atoms with Gasteiger partial charge in [-0.05, 0) is 28.8 Å². The number of benzene rings is 2. The molecule has 0 bridgehead atoms. The molecule has 0 aliphatic carbocycles. The van der Waals surface area contributed by atoms with Gasteiger partial charge in [0.15, 0.2) is 0 Å². The molecule has 0 heterocycles. The Kier molecular flexibility index (Phi) is 5.12. The van der Waals surface area contributed by atoms with E-state index < -0.39 is 6.10 Å². The lowest BCUT2D eigenvalue weighted by molar-refractivity contribution is 0.161. The molecule has 2 rings (SSSR count). The number of ether oxygens (including phenoxy) is 1. The number of aliphatic hydroxyl groups excluding tert-OH is 1. The summed E-state index contributed by atoms with van der Waals surface area (Å²) in [5.41, 5.74) is 2.45. The van der Waals surface area contributed by atoms with E-state index in [1.807, 2.05) is 24.3 Å². The Bertz CT molecular complexity index is 586. The molecule has 0 radical (unpaired) electrons. The van der Waals surface area contributed by atoms with E-state index in [1.54, 1.807) is 13.2 Å². The van der Waals surface area contributed by atoms with Crippen LogP contribution in [0.15, 0.2) is 42.5 Å². The molecule has 2 nitrogen and oxygen atoms in total. The SMILES string of the molecule is COCc1ccccc1C(O)Cc1ccc(F)cc1Cl. The van der Waals surface area contributed by atoms with Gasteiger partial charge in [0.05, 0.1) is 12.7 Å². The van der Waals surface area contributed by atoms with E-state index >= 15 is 0 Å². The Morgan fingerprint density at radius 3 is 2.65 bits per heavy atom. The summed E-state index contributed by atoms with van der Waals surface area (Å²) in [6.45, 7) is 0.435. The zero-order valence-corrected chi connectivity index (χ0v) is 11.9. The van der Waals surface area contributed by atoms with Gasteiger partial charge in [-0.2, -0.15) is 0 Å². The first-order valence-corrected chi connectivity index (χ1v) is 6.68. The molecule has 1 atom stereocenters. The summed E-state index contributed by atoms with van der Waals surface area (Å²) in [7, 11) is 1.61. The first kappa shape index (κ1) is 15.0. The lowest BCUT2D eigenvalue weighted by atomic mass is 9.97. The van der Waals surface area contributed by atoms with Gasteiger partial charge >= 0.3 is 0 Å². The van der Waals surface area contributed by atoms with E-state index in [0.29, 0.717) is 23.6 Å². The van der Waals surface area contributed by atoms with Gasteiger partial charge in [0, 0.05) is 18.6 Å². The Balaban J connectivity index is 2.21. The molecule has 20 heavy (non-hydrogen) atoms. The lowest BCUT2D eigenvalue weighted by Gasteiger charge is -2.16. The van der Waals surface area contributed by atoms with Crippen molar-refractivity contribution >= 4 is 11.6 Å². The summed E-state index contributed by atoms with van der Waals surface area (Å²) in [5, 5.41) is 10.7. The molecule has 1 N–H and O–H groups in total. The summed E-state index contributed by atoms with van der Waals surface area (Å²) in [6, 6.07) is 11.7. The quantitative estimate of drug-likeness (QED) is 0.906. The minimum atomic E-state index is -0.704. The maximum atomic E-state index is 13.0. The van der Waals surface area contributed by atoms with Crippen molar-refractivity contribution in [1.29, 1.82) is 0 Å². The summed E-state index contributed by atoms with van der Waals surface area (Å²) in [5.74, 6) is -0.381. The minimum absolute atomic E-state index is 0.327. The van der Waals surface area contributed by atoms with E-state index in [0.717, 1.165) is 11.1 Å². The topological polar surface area (TPSA) is 29.5 Å². The number of hydrogen-bond acceptors (Lipinski definition) is 2. The van der Waals surface area contributed by atoms with Crippen molar-refractivity contribution in [2.24, 2.45) is 0 Å². The van der Waals surface area contributed by atoms with Gasteiger partial charge in [0.1, 0.15) is 5.82 Å². The second-order valence-corrected chi connectivity index (χ2v) is 4.99. The third-order valence-corrected chi connectivity index (χ3v) is 3.49. The number of halogens is 2. The van der Waals surface area contributed by atoms with Crippen molar-refractivity contribution in [3.05, 3.63) is 70.0 Å². The van der Waals surface area contributed by atoms with Gasteiger partial charge in [-0.15, -0.1) is 0 Å². The van der Waals surface area contributed by atoms with E-state index in [4.69, 9.17) is 16.3 Å². The molecule has 0 saturated heterocycles. The van der Waals surface area contributed by atoms with E-state index in [9.17, 15) is 9.50 Å². The molecular formula is C16H16ClFO2. The number of rotatable bonds is 5. The molecule has 0 spiro atoms. The second kappa shape index (κ2) is 6.84. The Labute approximate surface area is 122 Å². The highest BCUT2D eigenvalue weighted by atomic mass is 35.5. The number of methoxy groups -OCH3 is 1. The predicted octanol–water partition coefficient (Wildman–Crippen LogP) is 3.90. The number of aliphatic hydroxyl groups is 1. The molecular weight excluding hydrogens is 279 g/mol. The molecule has 4 heteroatoms. The van der Waals surface area contributed by atoms with Crippen LogP contribution in [0.1, 0.15) is 22.8 Å². The second-order valence-electron chi connectivity index (χ2n) is 4.59. The molecule has 0 saturated carbocycles. The molecule has 2 aromatic rings. The predicted molar refractivity (Wildman–Crippen MR) is 77.2 cm³/mol. The molecule has 0 fully saturated rings. The van der Waals surface area contributed by atoms with Crippen molar-refractivity contribution in [3.63, 3.8) is 0 Å². The van der Waals surface area contributed by atoms with Gasteiger partial charge in [-0.3, -0.25) is 0 Å². The first-order valence-electron chi connectivity index (χ1n) is 6.30. The molecule has 0 amide bonds. The van der Waals surface area contributed by atoms with Crippen LogP contribution in [0.3, 0.4) is 0 Å². The third-order valence-electron chi connectivity index (χ3n) is 3.14. The Hall–Kier alpha value is -1.42. The summed E-state index contributed by atoms with van der Waals surface area (Å²) in [6.07, 6.45) is -0.371. The van der Waals surface area contributed by atoms with Crippen molar-refractivity contribution in [1.82, 2.24) is 0 Å². The van der Waals surface area contributed by atoms with Crippen LogP contribution in [0.2, 0.25) is 5.02 Å². The van der Waals surface area contributed by atoms with Crippen molar-refractivity contribution in [3.8, 4) is 0 Å². The molecule has 1 unspecified atom stereocenters. The van der Waals surface area contributed by atoms with E-state index in [1.165, 1.54) is 12.1 Å². The highest BCUT2D eigenvalue weighted by Gasteiger charge is 2.14. The Morgan fingerprint density at radius 1 is 1.20 bits per heavy atom. The third kappa shape index (κ3) is 3.57. The first-order chi connectivity index (χ1) is 9.61. The maximum absolute atomic E-state index is 13.0. The normalized spacial score (nSPS) is 12.4. The van der Waals surface area contributed by atoms with Crippen LogP contribution in [0.4, 0.5) is 4.39 Å². The highest BCUT2D eigenvalue weighted by Crippen LogP contribution is 2.26. The smallest absolute Gasteiger partial charge is 0.124 e. The average Bonchev–Trinajstić information content (AvgIpc) is 2.43. The molecule has 0 aliphatic heterocycles. The fourth-order valence-corrected chi connectivity index (χ4v) is 2.40. The fraction of sp³-hybridized carbons (Fsp3) is 0.250. The summed E-state index contributed by atoms with van der Waals surface area (Å²) >= 11 is 5.99. The van der Waals surface area contributed by atoms with E-state index in [2.05, 4.69) is 0 Å². The zero-order chi connectivity index (χ0) is 14.5. The summed E-state index contributed by atoms with van der Waals surface area (Å²) < 4.78 is 18.1. The lowest BCUT2D eigenvalue weighted by Crippen LogP contribution is -2.06. The van der Waals surface area contributed by atoms with Crippen LogP contribution < -0.4 is 0 Å². The Morgan fingerprint density at radius 2 is 1.95 bits per heavy atom. The van der Waals surface area contributed by atoms with Crippen LogP contribution in [0.5, 0.6) is 0 Å². The van der Waals surface area contributed by atoms with Gasteiger partial charge < -0.3 is 9.84 Å². The average molecular weight is 295 g/mol. The standard InChI is InChI=1S/C16H16ClFO2/c1-20-10-12-4-2-3-5-14(12)16(19)8-11-6-7-13(18)9-15(11)17/h2-7,9,16,19H,8,10H2,1H3. The monoisotopic (exact) mass is 294 g/mol. The zero-order valence-electron chi connectivity index (χ0n) is 11.1. The molecule has 0 aromatic heterocycles. The number of hydrogen-bond donors (Lipinski definition) is 1. The van der Waals surface area contributed by atoms with Crippen molar-refractivity contribution < 1.29 is 14.2 Å². The highest BCUT2D eigenvalue weighted by molar-refractivity contribution is 6.31. The largest absolute Gasteiger partial charge is 0.388 e.